The van der Waals surface area contributed by atoms with Gasteiger partial charge in [-0.1, -0.05) is 25.5 Å². The molecule has 0 radical (unpaired) electrons. The highest BCUT2D eigenvalue weighted by Gasteiger charge is 2.15. The molecule has 1 heterocycles. The van der Waals surface area contributed by atoms with Gasteiger partial charge in [0.1, 0.15) is 17.5 Å². The highest BCUT2D eigenvalue weighted by atomic mass is 19.1. The molecule has 1 aromatic heterocycles. The molecule has 8 heteroatoms. The van der Waals surface area contributed by atoms with E-state index in [0.29, 0.717) is 23.3 Å². The summed E-state index contributed by atoms with van der Waals surface area (Å²) in [6.07, 6.45) is 1.75. The van der Waals surface area contributed by atoms with Crippen molar-refractivity contribution >= 4 is 22.5 Å². The fraction of sp³-hybridized carbons (Fsp3) is 0.286. The molecule has 6 nitrogen and oxygen atoms in total. The van der Waals surface area contributed by atoms with Crippen molar-refractivity contribution in [2.24, 2.45) is 0 Å². The number of hydrogen-bond donors (Lipinski definition) is 2. The molecule has 152 valence electrons. The Morgan fingerprint density at radius 1 is 1.21 bits per heavy atom. The van der Waals surface area contributed by atoms with Crippen LogP contribution in [-0.4, -0.2) is 33.9 Å². The molecule has 0 aliphatic carbocycles. The molecule has 2 aromatic carbocycles. The number of unbranched alkanes of at least 4 members (excludes halogenated alkanes) is 1. The van der Waals surface area contributed by atoms with Gasteiger partial charge in [-0.05, 0) is 37.2 Å². The number of nitrogens with one attached hydrogen (secondary N) is 2. The molecule has 0 fully saturated rings. The topological polar surface area (TPSA) is 78.1 Å². The Bertz CT molecular complexity index is 1070. The van der Waals surface area contributed by atoms with Crippen molar-refractivity contribution in [2.45, 2.75) is 26.3 Å². The number of para-hydroxylation sites is 1. The maximum Gasteiger partial charge on any atom is 0.258 e. The summed E-state index contributed by atoms with van der Waals surface area (Å²) < 4.78 is 27.1. The van der Waals surface area contributed by atoms with Gasteiger partial charge < -0.3 is 10.3 Å². The number of aromatic nitrogens is 2. The van der Waals surface area contributed by atoms with E-state index in [1.54, 1.807) is 24.3 Å². The van der Waals surface area contributed by atoms with Gasteiger partial charge in [-0.3, -0.25) is 14.5 Å². The first kappa shape index (κ1) is 20.6. The maximum atomic E-state index is 13.8. The van der Waals surface area contributed by atoms with Gasteiger partial charge in [-0.15, -0.1) is 0 Å². The van der Waals surface area contributed by atoms with Gasteiger partial charge in [-0.2, -0.15) is 0 Å². The van der Waals surface area contributed by atoms with E-state index in [1.165, 1.54) is 0 Å². The summed E-state index contributed by atoms with van der Waals surface area (Å²) >= 11 is 0. The zero-order valence-corrected chi connectivity index (χ0v) is 16.0. The van der Waals surface area contributed by atoms with Crippen molar-refractivity contribution in [3.63, 3.8) is 0 Å². The number of aromatic amines is 1. The average Bonchev–Trinajstić information content (AvgIpc) is 2.69. The summed E-state index contributed by atoms with van der Waals surface area (Å²) in [7, 11) is 0. The lowest BCUT2D eigenvalue weighted by Crippen LogP contribution is -2.35. The van der Waals surface area contributed by atoms with E-state index in [9.17, 15) is 18.4 Å². The molecule has 29 heavy (non-hydrogen) atoms. The number of carbonyl (C=O) groups is 1. The summed E-state index contributed by atoms with van der Waals surface area (Å²) in [5.74, 6) is -1.38. The zero-order valence-electron chi connectivity index (χ0n) is 16.0. The van der Waals surface area contributed by atoms with E-state index in [4.69, 9.17) is 0 Å². The van der Waals surface area contributed by atoms with Gasteiger partial charge in [0.25, 0.3) is 5.56 Å². The van der Waals surface area contributed by atoms with Crippen LogP contribution in [0.15, 0.2) is 47.3 Å². The van der Waals surface area contributed by atoms with Crippen LogP contribution in [0.25, 0.3) is 10.9 Å². The first-order chi connectivity index (χ1) is 14.0. The molecule has 0 saturated carbocycles. The van der Waals surface area contributed by atoms with Crippen LogP contribution in [0.1, 0.15) is 25.6 Å². The second kappa shape index (κ2) is 9.38. The maximum absolute atomic E-state index is 13.8. The number of H-pyrrole nitrogens is 1. The molecule has 3 aromatic rings. The molecule has 0 atom stereocenters. The molecule has 0 spiro atoms. The minimum absolute atomic E-state index is 0.0491. The van der Waals surface area contributed by atoms with Crippen LogP contribution in [0.4, 0.5) is 14.5 Å². The predicted octanol–water partition coefficient (Wildman–Crippen LogP) is 3.44. The Morgan fingerprint density at radius 2 is 2.00 bits per heavy atom. The van der Waals surface area contributed by atoms with Crippen LogP contribution >= 0.6 is 0 Å². The lowest BCUT2D eigenvalue weighted by molar-refractivity contribution is -0.117. The molecular formula is C21H22F2N4O2. The lowest BCUT2D eigenvalue weighted by Gasteiger charge is -2.21. The van der Waals surface area contributed by atoms with E-state index < -0.39 is 17.5 Å². The van der Waals surface area contributed by atoms with E-state index in [0.717, 1.165) is 31.0 Å². The summed E-state index contributed by atoms with van der Waals surface area (Å²) in [6, 6.07) is 9.90. The quantitative estimate of drug-likeness (QED) is 0.607. The second-order valence-electron chi connectivity index (χ2n) is 6.77. The minimum atomic E-state index is -0.708. The van der Waals surface area contributed by atoms with Crippen molar-refractivity contribution in [1.29, 1.82) is 0 Å². The van der Waals surface area contributed by atoms with Crippen molar-refractivity contribution in [1.82, 2.24) is 14.9 Å². The fourth-order valence-corrected chi connectivity index (χ4v) is 3.00. The van der Waals surface area contributed by atoms with E-state index >= 15 is 0 Å². The van der Waals surface area contributed by atoms with E-state index in [2.05, 4.69) is 15.3 Å². The van der Waals surface area contributed by atoms with Crippen LogP contribution in [-0.2, 0) is 11.3 Å². The van der Waals surface area contributed by atoms with Gasteiger partial charge in [0.05, 0.1) is 29.7 Å². The number of nitrogens with zero attached hydrogens (tertiary/aromatic N) is 2. The third-order valence-corrected chi connectivity index (χ3v) is 4.43. The lowest BCUT2D eigenvalue weighted by atomic mass is 10.2. The summed E-state index contributed by atoms with van der Waals surface area (Å²) in [4.78, 5) is 33.7. The first-order valence-corrected chi connectivity index (χ1v) is 9.41. The Morgan fingerprint density at radius 3 is 2.79 bits per heavy atom. The van der Waals surface area contributed by atoms with Gasteiger partial charge >= 0.3 is 0 Å². The highest BCUT2D eigenvalue weighted by molar-refractivity contribution is 5.92. The largest absolute Gasteiger partial charge is 0.322 e. The molecule has 0 unspecified atom stereocenters. The second-order valence-corrected chi connectivity index (χ2v) is 6.77. The standard InChI is InChI=1S/C21H22F2N4O2/c1-2-3-10-27(13-20(28)25-18-11-14(22)8-9-16(18)23)12-19-24-17-7-5-4-6-15(17)21(29)26-19/h4-9,11H,2-3,10,12-13H2,1H3,(H,25,28)(H,24,26,29). The van der Waals surface area contributed by atoms with Gasteiger partial charge in [-0.25, -0.2) is 13.8 Å². The molecule has 3 rings (SSSR count). The normalized spacial score (nSPS) is 11.2. The summed E-state index contributed by atoms with van der Waals surface area (Å²) in [6.45, 7) is 2.81. The van der Waals surface area contributed by atoms with Crippen LogP contribution < -0.4 is 10.9 Å². The number of halogens is 2. The van der Waals surface area contributed by atoms with E-state index in [-0.39, 0.29) is 24.3 Å². The average molecular weight is 400 g/mol. The van der Waals surface area contributed by atoms with Crippen LogP contribution in [0.3, 0.4) is 0 Å². The third-order valence-electron chi connectivity index (χ3n) is 4.43. The number of anilines is 1. The van der Waals surface area contributed by atoms with Crippen molar-refractivity contribution in [3.05, 3.63) is 70.3 Å². The zero-order chi connectivity index (χ0) is 20.8. The Labute approximate surface area is 166 Å². The summed E-state index contributed by atoms with van der Waals surface area (Å²) in [5.41, 5.74) is 0.128. The molecule has 0 aliphatic rings. The number of amides is 1. The fourth-order valence-electron chi connectivity index (χ4n) is 3.00. The van der Waals surface area contributed by atoms with Crippen molar-refractivity contribution in [3.8, 4) is 0 Å². The molecule has 2 N–H and O–H groups in total. The van der Waals surface area contributed by atoms with Gasteiger partial charge in [0.2, 0.25) is 5.91 Å². The Balaban J connectivity index is 1.75. The molecule has 1 amide bonds. The highest BCUT2D eigenvalue weighted by Crippen LogP contribution is 2.15. The molecular weight excluding hydrogens is 378 g/mol. The Hall–Kier alpha value is -3.13. The molecule has 0 aliphatic heterocycles. The molecule has 0 saturated heterocycles. The van der Waals surface area contributed by atoms with Crippen LogP contribution in [0, 0.1) is 11.6 Å². The number of hydrogen-bond acceptors (Lipinski definition) is 4. The molecule has 0 bridgehead atoms. The minimum Gasteiger partial charge on any atom is -0.322 e. The van der Waals surface area contributed by atoms with Crippen LogP contribution in [0.2, 0.25) is 0 Å². The number of benzene rings is 2. The van der Waals surface area contributed by atoms with Crippen LogP contribution in [0.5, 0.6) is 0 Å². The SMILES string of the molecule is CCCCN(CC(=O)Nc1cc(F)ccc1F)Cc1nc2ccccc2c(=O)[nH]1. The van der Waals surface area contributed by atoms with Crippen molar-refractivity contribution in [2.75, 3.05) is 18.4 Å². The predicted molar refractivity (Wildman–Crippen MR) is 108 cm³/mol. The monoisotopic (exact) mass is 400 g/mol. The van der Waals surface area contributed by atoms with Gasteiger partial charge in [0.15, 0.2) is 0 Å². The number of fused-ring (bicyclic) bond motifs is 1. The third kappa shape index (κ3) is 5.45. The van der Waals surface area contributed by atoms with E-state index in [1.807, 2.05) is 11.8 Å². The first-order valence-electron chi connectivity index (χ1n) is 9.41. The van der Waals surface area contributed by atoms with Crippen molar-refractivity contribution < 1.29 is 13.6 Å². The smallest absolute Gasteiger partial charge is 0.258 e. The summed E-state index contributed by atoms with van der Waals surface area (Å²) in [5, 5.41) is 2.89. The number of rotatable bonds is 8. The number of carbonyl (C=O) groups excluding carboxylic acids is 1. The Kier molecular flexibility index (Phi) is 6.66. The van der Waals surface area contributed by atoms with Gasteiger partial charge in [0, 0.05) is 6.07 Å².